The highest BCUT2D eigenvalue weighted by Gasteiger charge is 2.26. The van der Waals surface area contributed by atoms with Crippen molar-refractivity contribution >= 4 is 17.6 Å². The van der Waals surface area contributed by atoms with E-state index < -0.39 is 0 Å². The second-order valence-corrected chi connectivity index (χ2v) is 6.74. The normalized spacial score (nSPS) is 21.8. The number of aromatic amines is 2. The molecule has 4 rings (SSSR count). The van der Waals surface area contributed by atoms with Gasteiger partial charge in [0, 0.05) is 23.7 Å². The van der Waals surface area contributed by atoms with Gasteiger partial charge in [-0.1, -0.05) is 6.92 Å². The van der Waals surface area contributed by atoms with Crippen molar-refractivity contribution in [2.45, 2.75) is 45.4 Å². The number of carbonyl (C=O) groups is 1. The lowest BCUT2D eigenvalue weighted by Crippen LogP contribution is -2.11. The van der Waals surface area contributed by atoms with Crippen molar-refractivity contribution in [2.24, 2.45) is 0 Å². The Balaban J connectivity index is 1.69. The van der Waals surface area contributed by atoms with Crippen molar-refractivity contribution in [1.29, 1.82) is 0 Å². The number of nitrogens with one attached hydrogen (secondary N) is 3. The van der Waals surface area contributed by atoms with E-state index in [4.69, 9.17) is 0 Å². The molecule has 4 heteroatoms. The average molecular weight is 321 g/mol. The minimum absolute atomic E-state index is 0.0319. The largest absolute Gasteiger partial charge is 0.360 e. The number of hydrogen-bond donors (Lipinski definition) is 3. The second-order valence-electron chi connectivity index (χ2n) is 6.74. The van der Waals surface area contributed by atoms with Crippen LogP contribution in [0.4, 0.5) is 0 Å². The van der Waals surface area contributed by atoms with E-state index >= 15 is 0 Å². The third kappa shape index (κ3) is 2.42. The summed E-state index contributed by atoms with van der Waals surface area (Å²) in [6.07, 6.45) is 10.3. The van der Waals surface area contributed by atoms with Crippen LogP contribution in [0.2, 0.25) is 0 Å². The van der Waals surface area contributed by atoms with Gasteiger partial charge in [-0.3, -0.25) is 4.79 Å². The molecule has 0 saturated carbocycles. The van der Waals surface area contributed by atoms with Gasteiger partial charge in [-0.05, 0) is 67.9 Å². The van der Waals surface area contributed by atoms with Crippen LogP contribution in [0.1, 0.15) is 60.3 Å². The fourth-order valence-corrected chi connectivity index (χ4v) is 4.04. The number of H-pyrrole nitrogens is 2. The highest BCUT2D eigenvalue weighted by molar-refractivity contribution is 6.14. The lowest BCUT2D eigenvalue weighted by atomic mass is 9.81. The standard InChI is InChI=1S/C20H23N3O/c1-3-13-6-4-7-14-12(2)22-18(20(13)14)10-17-19(24)11-16(23-17)15-8-5-9-21-15/h5,8-11,13,21-23H,3-4,6-7H2,1-2H3/b17-10+. The van der Waals surface area contributed by atoms with Crippen LogP contribution in [0.3, 0.4) is 0 Å². The summed E-state index contributed by atoms with van der Waals surface area (Å²) in [5, 5.41) is 3.26. The van der Waals surface area contributed by atoms with Gasteiger partial charge >= 0.3 is 0 Å². The molecule has 2 aromatic heterocycles. The zero-order chi connectivity index (χ0) is 16.7. The molecule has 0 spiro atoms. The van der Waals surface area contributed by atoms with Gasteiger partial charge in [-0.25, -0.2) is 0 Å². The number of aryl methyl sites for hydroxylation is 1. The monoisotopic (exact) mass is 321 g/mol. The Morgan fingerprint density at radius 1 is 1.38 bits per heavy atom. The molecule has 1 aliphatic carbocycles. The van der Waals surface area contributed by atoms with E-state index in [1.807, 2.05) is 24.4 Å². The summed E-state index contributed by atoms with van der Waals surface area (Å²) >= 11 is 0. The van der Waals surface area contributed by atoms with E-state index in [2.05, 4.69) is 29.1 Å². The Labute approximate surface area is 142 Å². The minimum Gasteiger partial charge on any atom is -0.360 e. The molecule has 1 unspecified atom stereocenters. The van der Waals surface area contributed by atoms with Crippen LogP contribution in [-0.2, 0) is 11.2 Å². The first-order valence-corrected chi connectivity index (χ1v) is 8.77. The SMILES string of the molecule is CCC1CCCc2c(C)[nH]c(/C=C3/NC(c4ccc[nH]4)=CC3=O)c21. The summed E-state index contributed by atoms with van der Waals surface area (Å²) in [7, 11) is 0. The van der Waals surface area contributed by atoms with Crippen LogP contribution in [0.15, 0.2) is 30.1 Å². The Kier molecular flexibility index (Phi) is 3.68. The molecule has 24 heavy (non-hydrogen) atoms. The first-order valence-electron chi connectivity index (χ1n) is 8.77. The molecule has 0 bridgehead atoms. The number of ketones is 1. The Hall–Kier alpha value is -2.49. The van der Waals surface area contributed by atoms with E-state index in [-0.39, 0.29) is 5.78 Å². The average Bonchev–Trinajstić information content (AvgIpc) is 3.29. The van der Waals surface area contributed by atoms with Gasteiger partial charge in [0.05, 0.1) is 17.1 Å². The zero-order valence-corrected chi connectivity index (χ0v) is 14.2. The van der Waals surface area contributed by atoms with E-state index in [1.165, 1.54) is 29.7 Å². The number of aromatic nitrogens is 2. The predicted molar refractivity (Wildman–Crippen MR) is 96.4 cm³/mol. The van der Waals surface area contributed by atoms with Crippen LogP contribution in [0.25, 0.3) is 11.8 Å². The van der Waals surface area contributed by atoms with Gasteiger partial charge in [0.2, 0.25) is 5.78 Å². The lowest BCUT2D eigenvalue weighted by molar-refractivity contribution is -0.111. The topological polar surface area (TPSA) is 60.7 Å². The number of carbonyl (C=O) groups excluding carboxylic acids is 1. The van der Waals surface area contributed by atoms with E-state index in [9.17, 15) is 4.79 Å². The Bertz CT molecular complexity index is 837. The van der Waals surface area contributed by atoms with E-state index in [0.717, 1.165) is 29.9 Å². The summed E-state index contributed by atoms with van der Waals surface area (Å²) in [4.78, 5) is 19.0. The molecule has 1 atom stereocenters. The van der Waals surface area contributed by atoms with Gasteiger partial charge in [0.1, 0.15) is 0 Å². The maximum Gasteiger partial charge on any atom is 0.204 e. The summed E-state index contributed by atoms with van der Waals surface area (Å²) in [6.45, 7) is 4.40. The highest BCUT2D eigenvalue weighted by Crippen LogP contribution is 2.38. The molecule has 2 aromatic rings. The predicted octanol–water partition coefficient (Wildman–Crippen LogP) is 4.04. The van der Waals surface area contributed by atoms with Crippen LogP contribution in [0, 0.1) is 6.92 Å². The van der Waals surface area contributed by atoms with Gasteiger partial charge in [-0.2, -0.15) is 0 Å². The Morgan fingerprint density at radius 3 is 3.00 bits per heavy atom. The molecule has 0 aromatic carbocycles. The van der Waals surface area contributed by atoms with Crippen molar-refractivity contribution in [3.8, 4) is 0 Å². The molecule has 3 heterocycles. The molecule has 3 N–H and O–H groups in total. The molecule has 0 saturated heterocycles. The maximum atomic E-state index is 12.4. The second kappa shape index (κ2) is 5.86. The molecule has 1 aliphatic heterocycles. The summed E-state index contributed by atoms with van der Waals surface area (Å²) in [5.41, 5.74) is 7.65. The summed E-state index contributed by atoms with van der Waals surface area (Å²) < 4.78 is 0. The quantitative estimate of drug-likeness (QED) is 0.747. The molecular formula is C20H23N3O. The number of allylic oxidation sites excluding steroid dienone is 1. The van der Waals surface area contributed by atoms with Crippen LogP contribution >= 0.6 is 0 Å². The molecule has 4 nitrogen and oxygen atoms in total. The van der Waals surface area contributed by atoms with Crippen molar-refractivity contribution in [2.75, 3.05) is 0 Å². The first kappa shape index (κ1) is 15.1. The van der Waals surface area contributed by atoms with Gasteiger partial charge in [0.15, 0.2) is 0 Å². The third-order valence-electron chi connectivity index (χ3n) is 5.26. The number of rotatable bonds is 3. The summed E-state index contributed by atoms with van der Waals surface area (Å²) in [6, 6.07) is 3.89. The van der Waals surface area contributed by atoms with Gasteiger partial charge in [0.25, 0.3) is 0 Å². The molecule has 0 fully saturated rings. The zero-order valence-electron chi connectivity index (χ0n) is 14.2. The first-order chi connectivity index (χ1) is 11.7. The van der Waals surface area contributed by atoms with Gasteiger partial charge < -0.3 is 15.3 Å². The van der Waals surface area contributed by atoms with Crippen LogP contribution < -0.4 is 5.32 Å². The van der Waals surface area contributed by atoms with E-state index in [0.29, 0.717) is 11.6 Å². The van der Waals surface area contributed by atoms with Crippen molar-refractivity contribution < 1.29 is 4.79 Å². The maximum absolute atomic E-state index is 12.4. The molecule has 124 valence electrons. The lowest BCUT2D eigenvalue weighted by Gasteiger charge is -2.22. The fraction of sp³-hybridized carbons (Fsp3) is 0.350. The van der Waals surface area contributed by atoms with Crippen molar-refractivity contribution in [3.05, 3.63) is 58.3 Å². The summed E-state index contributed by atoms with van der Waals surface area (Å²) in [5.74, 6) is 0.627. The van der Waals surface area contributed by atoms with Crippen molar-refractivity contribution in [3.63, 3.8) is 0 Å². The molecular weight excluding hydrogens is 298 g/mol. The highest BCUT2D eigenvalue weighted by atomic mass is 16.1. The van der Waals surface area contributed by atoms with Crippen LogP contribution in [-0.4, -0.2) is 15.8 Å². The molecule has 0 radical (unpaired) electrons. The smallest absolute Gasteiger partial charge is 0.204 e. The van der Waals surface area contributed by atoms with Crippen molar-refractivity contribution in [1.82, 2.24) is 15.3 Å². The number of fused-ring (bicyclic) bond motifs is 1. The van der Waals surface area contributed by atoms with Crippen LogP contribution in [0.5, 0.6) is 0 Å². The minimum atomic E-state index is 0.0319. The fourth-order valence-electron chi connectivity index (χ4n) is 4.04. The number of hydrogen-bond acceptors (Lipinski definition) is 2. The molecule has 0 amide bonds. The van der Waals surface area contributed by atoms with E-state index in [1.54, 1.807) is 6.08 Å². The Morgan fingerprint density at radius 2 is 2.25 bits per heavy atom. The van der Waals surface area contributed by atoms with Gasteiger partial charge in [-0.15, -0.1) is 0 Å². The molecule has 2 aliphatic rings. The third-order valence-corrected chi connectivity index (χ3v) is 5.26.